The van der Waals surface area contributed by atoms with E-state index in [2.05, 4.69) is 61.9 Å². The van der Waals surface area contributed by atoms with Crippen molar-refractivity contribution in [1.82, 2.24) is 51.9 Å². The van der Waals surface area contributed by atoms with Crippen molar-refractivity contribution in [3.8, 4) is 0 Å². The molecule has 0 atom stereocenters. The second kappa shape index (κ2) is 45.0. The Bertz CT molecular complexity index is 1520. The lowest BCUT2D eigenvalue weighted by atomic mass is 9.95. The molecule has 0 aromatic rings. The smallest absolute Gasteiger partial charge is 0.221 e. The van der Waals surface area contributed by atoms with Crippen LogP contribution in [0.15, 0.2) is 5.11 Å². The first-order chi connectivity index (χ1) is 38.6. The van der Waals surface area contributed by atoms with Crippen molar-refractivity contribution in [2.24, 2.45) is 5.11 Å². The third kappa shape index (κ3) is 35.8. The Morgan fingerprint density at radius 3 is 0.987 bits per heavy atom. The van der Waals surface area contributed by atoms with Crippen LogP contribution in [0.5, 0.6) is 0 Å². The van der Waals surface area contributed by atoms with Crippen LogP contribution in [0.1, 0.15) is 212 Å². The highest BCUT2D eigenvalue weighted by molar-refractivity contribution is 5.80. The van der Waals surface area contributed by atoms with Gasteiger partial charge in [-0.3, -0.25) is 28.8 Å². The van der Waals surface area contributed by atoms with E-state index in [9.17, 15) is 28.8 Å². The summed E-state index contributed by atoms with van der Waals surface area (Å²) in [5.74, 6) is 0.408. The molecule has 0 aromatic heterocycles. The van der Waals surface area contributed by atoms with E-state index in [1.54, 1.807) is 0 Å². The normalized spacial score (nSPS) is 17.0. The molecule has 4 saturated carbocycles. The van der Waals surface area contributed by atoms with Gasteiger partial charge in [0.05, 0.1) is 0 Å². The van der Waals surface area contributed by atoms with Gasteiger partial charge in [0.2, 0.25) is 17.7 Å². The van der Waals surface area contributed by atoms with Gasteiger partial charge in [-0.2, -0.15) is 0 Å². The summed E-state index contributed by atoms with van der Waals surface area (Å²) in [6.45, 7) is 9.53. The fourth-order valence-electron chi connectivity index (χ4n) is 11.9. The summed E-state index contributed by atoms with van der Waals surface area (Å²) < 4.78 is 0. The van der Waals surface area contributed by atoms with Crippen molar-refractivity contribution >= 4 is 35.1 Å². The molecule has 0 aromatic carbocycles. The molecule has 0 unspecified atom stereocenters. The van der Waals surface area contributed by atoms with E-state index in [-0.39, 0.29) is 47.9 Å². The number of amides is 3. The molecule has 0 radical (unpaired) electrons. The minimum absolute atomic E-state index is 0.0193. The van der Waals surface area contributed by atoms with Gasteiger partial charge in [-0.1, -0.05) is 82.2 Å². The molecule has 0 saturated heterocycles. The maximum absolute atomic E-state index is 13.3. The van der Waals surface area contributed by atoms with Crippen LogP contribution in [-0.4, -0.2) is 185 Å². The molecular weight excluding hydrogens is 999 g/mol. The molecule has 0 spiro atoms. The van der Waals surface area contributed by atoms with E-state index in [4.69, 9.17) is 5.53 Å². The van der Waals surface area contributed by atoms with Gasteiger partial charge >= 0.3 is 0 Å². The Morgan fingerprint density at radius 2 is 0.646 bits per heavy atom. The van der Waals surface area contributed by atoms with Gasteiger partial charge in [-0.25, -0.2) is 0 Å². The first-order valence-corrected chi connectivity index (χ1v) is 32.1. The number of nitrogens with zero attached hydrogens (tertiary/aromatic N) is 6. The molecule has 0 bridgehead atoms. The van der Waals surface area contributed by atoms with Gasteiger partial charge in [0.1, 0.15) is 17.3 Å². The quantitative estimate of drug-likeness (QED) is 0.0140. The summed E-state index contributed by atoms with van der Waals surface area (Å²) in [6, 6.07) is 2.26. The monoisotopic (exact) mass is 1110 g/mol. The minimum atomic E-state index is -0.126. The fraction of sp³-hybridized carbons (Fsp3) is 0.900. The molecule has 0 heterocycles. The van der Waals surface area contributed by atoms with Crippen LogP contribution in [0.25, 0.3) is 10.4 Å². The highest BCUT2D eigenvalue weighted by atomic mass is 16.2. The Balaban J connectivity index is 1.18. The van der Waals surface area contributed by atoms with E-state index in [0.29, 0.717) is 161 Å². The van der Waals surface area contributed by atoms with E-state index in [0.717, 1.165) is 45.4 Å². The zero-order valence-electron chi connectivity index (χ0n) is 49.3. The Kier molecular flexibility index (Phi) is 38.7. The zero-order valence-corrected chi connectivity index (χ0v) is 49.3. The van der Waals surface area contributed by atoms with Gasteiger partial charge in [0, 0.05) is 172 Å². The van der Waals surface area contributed by atoms with E-state index in [1.807, 2.05) is 0 Å². The fourth-order valence-corrected chi connectivity index (χ4v) is 11.9. The van der Waals surface area contributed by atoms with E-state index >= 15 is 0 Å². The third-order valence-corrected chi connectivity index (χ3v) is 16.9. The van der Waals surface area contributed by atoms with Crippen LogP contribution in [0.3, 0.4) is 0 Å². The predicted molar refractivity (Wildman–Crippen MR) is 317 cm³/mol. The molecule has 19 heteroatoms. The second-order valence-corrected chi connectivity index (χ2v) is 23.5. The van der Waals surface area contributed by atoms with Crippen molar-refractivity contribution in [2.75, 3.05) is 111 Å². The van der Waals surface area contributed by atoms with Crippen molar-refractivity contribution in [1.29, 1.82) is 0 Å². The lowest BCUT2D eigenvalue weighted by Crippen LogP contribution is -2.41. The third-order valence-electron chi connectivity index (χ3n) is 16.9. The molecule has 79 heavy (non-hydrogen) atoms. The minimum Gasteiger partial charge on any atom is -0.355 e. The Morgan fingerprint density at radius 1 is 0.342 bits per heavy atom. The number of Topliss-reactive ketones (excluding diaryl/α,β-unsaturated/α-hetero) is 3. The van der Waals surface area contributed by atoms with Gasteiger partial charge < -0.3 is 51.9 Å². The average molecular weight is 1110 g/mol. The van der Waals surface area contributed by atoms with Crippen molar-refractivity contribution in [2.45, 2.75) is 236 Å². The summed E-state index contributed by atoms with van der Waals surface area (Å²) in [5, 5.41) is 27.3. The Hall–Kier alpha value is -3.55. The molecule has 0 aliphatic heterocycles. The summed E-state index contributed by atoms with van der Waals surface area (Å²) in [5.41, 5.74) is 8.86. The topological polar surface area (TPSA) is 245 Å². The zero-order chi connectivity index (χ0) is 56.2. The number of carbonyl (C=O) groups is 6. The molecule has 452 valence electrons. The molecule has 3 amide bonds. The van der Waals surface area contributed by atoms with Gasteiger partial charge in [-0.15, -0.1) is 0 Å². The lowest BCUT2D eigenvalue weighted by molar-refractivity contribution is -0.123. The van der Waals surface area contributed by atoms with Crippen LogP contribution in [0.2, 0.25) is 0 Å². The summed E-state index contributed by atoms with van der Waals surface area (Å²) in [4.78, 5) is 87.6. The summed E-state index contributed by atoms with van der Waals surface area (Å²) in [6.07, 6.45) is 31.8. The highest BCUT2D eigenvalue weighted by Gasteiger charge is 2.19. The van der Waals surface area contributed by atoms with Gasteiger partial charge in [0.25, 0.3) is 0 Å². The number of rotatable bonds is 47. The summed E-state index contributed by atoms with van der Waals surface area (Å²) in [7, 11) is 0. The molecule has 4 aliphatic carbocycles. The maximum Gasteiger partial charge on any atom is 0.221 e. The molecule has 4 aliphatic rings. The van der Waals surface area contributed by atoms with Crippen molar-refractivity contribution < 1.29 is 28.8 Å². The first kappa shape index (κ1) is 68.0. The average Bonchev–Trinajstić information content (AvgIpc) is 3.47. The molecule has 4 rings (SSSR count). The molecule has 19 nitrogen and oxygen atoms in total. The highest BCUT2D eigenvalue weighted by Crippen LogP contribution is 2.20. The van der Waals surface area contributed by atoms with Gasteiger partial charge in [0.15, 0.2) is 0 Å². The van der Waals surface area contributed by atoms with Crippen LogP contribution in [0.4, 0.5) is 0 Å². The number of ketones is 3. The van der Waals surface area contributed by atoms with E-state index < -0.39 is 0 Å². The summed E-state index contributed by atoms with van der Waals surface area (Å²) >= 11 is 0. The SMILES string of the molecule is [N-]=[N+]=NCCCN(CCC(=O)NCCN(CCC(=O)CCCNC1CCCCC1)CCC(=O)CCCNC1CCCCC1)CCC(=O)NCCN(CCC(=O)CCCNC1CCCCC1)CCC(=O)NCCNC1CCCCC1. The largest absolute Gasteiger partial charge is 0.355 e. The molecule has 7 N–H and O–H groups in total. The van der Waals surface area contributed by atoms with E-state index in [1.165, 1.54) is 128 Å². The lowest BCUT2D eigenvalue weighted by Gasteiger charge is -2.24. The van der Waals surface area contributed by atoms with Crippen molar-refractivity contribution in [3.63, 3.8) is 0 Å². The number of nitrogens with one attached hydrogen (secondary N) is 7. The number of hydrogen-bond acceptors (Lipinski definition) is 14. The van der Waals surface area contributed by atoms with Crippen LogP contribution < -0.4 is 37.2 Å². The standard InChI is InChI=1S/C60H111N13O6/c61-70-69-37-16-42-71(46-31-59(78)67-40-49-72(43-28-55(74)25-13-34-62-51-17-5-1-6-18-51)44-29-56(75)26-14-35-63-52-19-7-2-8-20-52)47-32-60(79)68-41-50-73(45-30-57(76)27-15-36-64-53-21-9-3-10-22-53)48-33-58(77)66-39-38-65-54-23-11-4-12-24-54/h51-54,62-65H,1-50H2,(H,66,77)(H,67,78)(H,68,79). The number of hydrogen-bond donors (Lipinski definition) is 7. The Labute approximate surface area is 476 Å². The number of carbonyl (C=O) groups excluding carboxylic acids is 6. The van der Waals surface area contributed by atoms with Crippen LogP contribution >= 0.6 is 0 Å². The van der Waals surface area contributed by atoms with Crippen molar-refractivity contribution in [3.05, 3.63) is 10.4 Å². The second-order valence-electron chi connectivity index (χ2n) is 23.5. The maximum atomic E-state index is 13.3. The van der Waals surface area contributed by atoms with Gasteiger partial charge in [-0.05, 0) is 109 Å². The first-order valence-electron chi connectivity index (χ1n) is 32.1. The number of azide groups is 1. The van der Waals surface area contributed by atoms with Crippen LogP contribution in [-0.2, 0) is 28.8 Å². The molecular formula is C60H111N13O6. The molecule has 4 fully saturated rings. The predicted octanol–water partition coefficient (Wildman–Crippen LogP) is 7.02. The van der Waals surface area contributed by atoms with Crippen LogP contribution in [0, 0.1) is 0 Å².